The van der Waals surface area contributed by atoms with Crippen molar-refractivity contribution in [3.05, 3.63) is 57.6 Å². The summed E-state index contributed by atoms with van der Waals surface area (Å²) in [4.78, 5) is 21.1. The van der Waals surface area contributed by atoms with Crippen LogP contribution < -0.4 is 10.6 Å². The van der Waals surface area contributed by atoms with E-state index in [4.69, 9.17) is 21.5 Å². The van der Waals surface area contributed by atoms with E-state index in [-0.39, 0.29) is 28.9 Å². The lowest BCUT2D eigenvalue weighted by Crippen LogP contribution is -2.24. The first kappa shape index (κ1) is 25.3. The second kappa shape index (κ2) is 10.6. The Labute approximate surface area is 186 Å². The number of halogens is 4. The molecule has 5 N–H and O–H groups in total. The number of carboxylic acid groups (broad SMARTS) is 1. The zero-order chi connectivity index (χ0) is 24.1. The first-order valence-electron chi connectivity index (χ1n) is 9.59. The van der Waals surface area contributed by atoms with Gasteiger partial charge in [0.25, 0.3) is 5.91 Å². The standard InChI is InChI=1S/C19H21ClN2O3.C2HF3O2/c1-2-22-19(25)17-16(24)9-14-13(18(17)20)7-8-21-10-15(14)11-3-5-12(23)6-4-11;3-2(4,5)1(6)7/h3-6,9,15,21,23-24H,2,7-8,10H2,1H3,(H,22,25);(H,6,7). The van der Waals surface area contributed by atoms with Gasteiger partial charge in [0, 0.05) is 19.0 Å². The van der Waals surface area contributed by atoms with E-state index < -0.39 is 12.1 Å². The van der Waals surface area contributed by atoms with Crippen molar-refractivity contribution in [2.75, 3.05) is 19.6 Å². The van der Waals surface area contributed by atoms with Crippen LogP contribution in [-0.4, -0.2) is 53.0 Å². The van der Waals surface area contributed by atoms with Crippen molar-refractivity contribution in [1.82, 2.24) is 10.6 Å². The Morgan fingerprint density at radius 2 is 1.81 bits per heavy atom. The maximum Gasteiger partial charge on any atom is 0.490 e. The summed E-state index contributed by atoms with van der Waals surface area (Å²) in [6.45, 7) is 3.70. The third-order valence-corrected chi connectivity index (χ3v) is 5.18. The maximum absolute atomic E-state index is 12.2. The number of hydrogen-bond acceptors (Lipinski definition) is 5. The average molecular weight is 475 g/mol. The van der Waals surface area contributed by atoms with Gasteiger partial charge in [-0.05, 0) is 54.8 Å². The third-order valence-electron chi connectivity index (χ3n) is 4.76. The van der Waals surface area contributed by atoms with Crippen LogP contribution >= 0.6 is 11.6 Å². The molecule has 32 heavy (non-hydrogen) atoms. The average Bonchev–Trinajstić information content (AvgIpc) is 2.91. The number of fused-ring (bicyclic) bond motifs is 1. The van der Waals surface area contributed by atoms with Gasteiger partial charge in [-0.1, -0.05) is 23.7 Å². The van der Waals surface area contributed by atoms with E-state index in [9.17, 15) is 28.2 Å². The predicted molar refractivity (Wildman–Crippen MR) is 111 cm³/mol. The van der Waals surface area contributed by atoms with Crippen molar-refractivity contribution in [2.24, 2.45) is 0 Å². The fraction of sp³-hybridized carbons (Fsp3) is 0.333. The van der Waals surface area contributed by atoms with Crippen molar-refractivity contribution >= 4 is 23.5 Å². The van der Waals surface area contributed by atoms with Gasteiger partial charge in [-0.25, -0.2) is 4.79 Å². The highest BCUT2D eigenvalue weighted by Gasteiger charge is 2.38. The lowest BCUT2D eigenvalue weighted by atomic mass is 9.86. The van der Waals surface area contributed by atoms with E-state index in [0.29, 0.717) is 24.5 Å². The predicted octanol–water partition coefficient (Wildman–Crippen LogP) is 3.41. The zero-order valence-electron chi connectivity index (χ0n) is 17.0. The van der Waals surface area contributed by atoms with Crippen molar-refractivity contribution in [1.29, 1.82) is 0 Å². The van der Waals surface area contributed by atoms with E-state index in [1.165, 1.54) is 0 Å². The summed E-state index contributed by atoms with van der Waals surface area (Å²) in [7, 11) is 0. The molecule has 1 aliphatic heterocycles. The van der Waals surface area contributed by atoms with Crippen LogP contribution in [0, 0.1) is 0 Å². The number of phenols is 2. The number of aromatic hydroxyl groups is 2. The number of hydrogen-bond donors (Lipinski definition) is 5. The highest BCUT2D eigenvalue weighted by atomic mass is 35.5. The molecule has 2 aromatic rings. The molecule has 3 rings (SSSR count). The number of phenolic OH excluding ortho intramolecular Hbond substituents is 2. The van der Waals surface area contributed by atoms with Crippen molar-refractivity contribution in [3.63, 3.8) is 0 Å². The van der Waals surface area contributed by atoms with Crippen LogP contribution in [0.4, 0.5) is 13.2 Å². The fourth-order valence-corrected chi connectivity index (χ4v) is 3.69. The lowest BCUT2D eigenvalue weighted by molar-refractivity contribution is -0.192. The van der Waals surface area contributed by atoms with Crippen LogP contribution in [0.15, 0.2) is 30.3 Å². The van der Waals surface area contributed by atoms with Gasteiger partial charge in [-0.2, -0.15) is 13.2 Å². The molecule has 0 radical (unpaired) electrons. The summed E-state index contributed by atoms with van der Waals surface area (Å²) < 4.78 is 31.7. The summed E-state index contributed by atoms with van der Waals surface area (Å²) in [5, 5.41) is 33.5. The van der Waals surface area contributed by atoms with Crippen LogP contribution in [0.3, 0.4) is 0 Å². The highest BCUT2D eigenvalue weighted by Crippen LogP contribution is 2.39. The van der Waals surface area contributed by atoms with Gasteiger partial charge in [0.1, 0.15) is 11.5 Å². The summed E-state index contributed by atoms with van der Waals surface area (Å²) >= 11 is 6.52. The second-order valence-electron chi connectivity index (χ2n) is 6.91. The molecule has 0 fully saturated rings. The SMILES string of the molecule is CCNC(=O)c1c(O)cc2c(c1Cl)CCNCC2c1ccc(O)cc1.O=C(O)C(F)(F)F. The van der Waals surface area contributed by atoms with Crippen molar-refractivity contribution in [3.8, 4) is 11.5 Å². The van der Waals surface area contributed by atoms with Crippen LogP contribution in [-0.2, 0) is 11.2 Å². The molecule has 0 bridgehead atoms. The molecule has 174 valence electrons. The Morgan fingerprint density at radius 1 is 1.22 bits per heavy atom. The quantitative estimate of drug-likeness (QED) is 0.465. The van der Waals surface area contributed by atoms with Crippen LogP contribution in [0.25, 0.3) is 0 Å². The molecular formula is C21H22ClF3N2O5. The van der Waals surface area contributed by atoms with Gasteiger partial charge < -0.3 is 26.0 Å². The second-order valence-corrected chi connectivity index (χ2v) is 7.29. The van der Waals surface area contributed by atoms with Crippen LogP contribution in [0.2, 0.25) is 5.02 Å². The number of benzene rings is 2. The molecule has 0 saturated heterocycles. The van der Waals surface area contributed by atoms with Crippen molar-refractivity contribution < 1.29 is 38.1 Å². The van der Waals surface area contributed by atoms with E-state index >= 15 is 0 Å². The Hall–Kier alpha value is -2.98. The molecule has 2 aromatic carbocycles. The molecule has 0 aliphatic carbocycles. The van der Waals surface area contributed by atoms with E-state index in [0.717, 1.165) is 23.2 Å². The topological polar surface area (TPSA) is 119 Å². The number of carbonyl (C=O) groups is 2. The van der Waals surface area contributed by atoms with Crippen LogP contribution in [0.1, 0.15) is 39.9 Å². The first-order chi connectivity index (χ1) is 15.0. The van der Waals surface area contributed by atoms with Gasteiger partial charge in [0.05, 0.1) is 10.6 Å². The number of carbonyl (C=O) groups excluding carboxylic acids is 1. The van der Waals surface area contributed by atoms with E-state index in [1.807, 2.05) is 19.1 Å². The van der Waals surface area contributed by atoms with E-state index in [2.05, 4.69) is 10.6 Å². The number of amides is 1. The van der Waals surface area contributed by atoms with Gasteiger partial charge in [-0.3, -0.25) is 4.79 Å². The Bertz CT molecular complexity index is 981. The van der Waals surface area contributed by atoms with Gasteiger partial charge in [-0.15, -0.1) is 0 Å². The van der Waals surface area contributed by atoms with Gasteiger partial charge in [0.2, 0.25) is 0 Å². The van der Waals surface area contributed by atoms with Crippen LogP contribution in [0.5, 0.6) is 11.5 Å². The molecule has 1 aliphatic rings. The normalized spacial score (nSPS) is 15.6. The third kappa shape index (κ3) is 6.04. The number of rotatable bonds is 3. The molecule has 11 heteroatoms. The summed E-state index contributed by atoms with van der Waals surface area (Å²) in [6, 6.07) is 8.66. The zero-order valence-corrected chi connectivity index (χ0v) is 17.7. The highest BCUT2D eigenvalue weighted by molar-refractivity contribution is 6.35. The molecule has 7 nitrogen and oxygen atoms in total. The van der Waals surface area contributed by atoms with E-state index in [1.54, 1.807) is 18.2 Å². The molecule has 1 unspecified atom stereocenters. The number of alkyl halides is 3. The smallest absolute Gasteiger partial charge is 0.490 e. The number of aliphatic carboxylic acids is 1. The fourth-order valence-electron chi connectivity index (χ4n) is 3.30. The van der Waals surface area contributed by atoms with Crippen molar-refractivity contribution in [2.45, 2.75) is 25.4 Å². The molecular weight excluding hydrogens is 453 g/mol. The maximum atomic E-state index is 12.2. The minimum absolute atomic E-state index is 0.0233. The number of nitrogens with one attached hydrogen (secondary N) is 2. The Morgan fingerprint density at radius 3 is 2.34 bits per heavy atom. The molecule has 1 amide bonds. The molecule has 1 atom stereocenters. The molecule has 1 heterocycles. The Balaban J connectivity index is 0.000000451. The summed E-state index contributed by atoms with van der Waals surface area (Å²) in [5.41, 5.74) is 2.93. The molecule has 0 aromatic heterocycles. The van der Waals surface area contributed by atoms with Gasteiger partial charge >= 0.3 is 12.1 Å². The molecule has 0 saturated carbocycles. The number of carboxylic acids is 1. The summed E-state index contributed by atoms with van der Waals surface area (Å²) in [6.07, 6.45) is -4.41. The largest absolute Gasteiger partial charge is 0.508 e. The minimum atomic E-state index is -5.08. The minimum Gasteiger partial charge on any atom is -0.508 e. The summed E-state index contributed by atoms with van der Waals surface area (Å²) in [5.74, 6) is -3.05. The first-order valence-corrected chi connectivity index (χ1v) is 9.97. The van der Waals surface area contributed by atoms with Gasteiger partial charge in [0.15, 0.2) is 0 Å². The monoisotopic (exact) mass is 474 g/mol. The molecule has 0 spiro atoms. The Kier molecular flexibility index (Phi) is 8.34. The lowest BCUT2D eigenvalue weighted by Gasteiger charge is -2.21.